The number of rotatable bonds is 3. The molecule has 0 radical (unpaired) electrons. The van der Waals surface area contributed by atoms with Gasteiger partial charge >= 0.3 is 11.8 Å². The van der Waals surface area contributed by atoms with Crippen molar-refractivity contribution in [2.45, 2.75) is 20.8 Å². The third kappa shape index (κ3) is 5.33. The second-order valence-corrected chi connectivity index (χ2v) is 5.89. The maximum atomic E-state index is 13.8. The van der Waals surface area contributed by atoms with Gasteiger partial charge in [-0.05, 0) is 5.41 Å². The molecule has 0 aromatic carbocycles. The van der Waals surface area contributed by atoms with Gasteiger partial charge in [-0.2, -0.15) is 9.55 Å². The molecule has 0 fully saturated rings. The van der Waals surface area contributed by atoms with E-state index in [-0.39, 0.29) is 17.8 Å². The van der Waals surface area contributed by atoms with Crippen molar-refractivity contribution >= 4 is 18.2 Å². The van der Waals surface area contributed by atoms with Gasteiger partial charge in [0.25, 0.3) is 0 Å². The van der Waals surface area contributed by atoms with E-state index in [4.69, 9.17) is 4.74 Å². The summed E-state index contributed by atoms with van der Waals surface area (Å²) in [6, 6.07) is 0. The molecule has 0 aliphatic rings. The molecule has 0 N–H and O–H groups in total. The molecular weight excluding hydrogens is 279 g/mol. The van der Waals surface area contributed by atoms with Crippen LogP contribution in [0, 0.1) is 11.2 Å². The van der Waals surface area contributed by atoms with Gasteiger partial charge in [0.15, 0.2) is 11.6 Å². The lowest BCUT2D eigenvalue weighted by Gasteiger charge is -2.17. The Morgan fingerprint density at radius 2 is 2.14 bits per heavy atom. The molecule has 116 valence electrons. The van der Waals surface area contributed by atoms with Gasteiger partial charge in [-0.25, -0.2) is 19.0 Å². The van der Waals surface area contributed by atoms with Crippen LogP contribution in [0.5, 0.6) is 0 Å². The number of aromatic nitrogens is 2. The quantitative estimate of drug-likeness (QED) is 0.626. The summed E-state index contributed by atoms with van der Waals surface area (Å²) in [5.41, 5.74) is -1.21. The minimum absolute atomic E-state index is 0.0976. The first-order chi connectivity index (χ1) is 9.60. The Bertz CT molecular complexity index is 602. The van der Waals surface area contributed by atoms with E-state index in [1.807, 2.05) is 20.8 Å². The number of aliphatic imine (C=N–C) groups is 1. The highest BCUT2D eigenvalue weighted by Gasteiger charge is 2.18. The number of hydrogen-bond acceptors (Lipinski definition) is 5. The first-order valence-corrected chi connectivity index (χ1v) is 6.27. The van der Waals surface area contributed by atoms with Gasteiger partial charge in [-0.1, -0.05) is 20.8 Å². The van der Waals surface area contributed by atoms with E-state index >= 15 is 0 Å². The minimum Gasteiger partial charge on any atom is -0.448 e. The van der Waals surface area contributed by atoms with Crippen molar-refractivity contribution in [3.8, 4) is 0 Å². The van der Waals surface area contributed by atoms with Crippen LogP contribution >= 0.6 is 0 Å². The number of carbonyl (C=O) groups is 1. The summed E-state index contributed by atoms with van der Waals surface area (Å²) in [6.45, 7) is 5.68. The third-order valence-corrected chi connectivity index (χ3v) is 2.10. The summed E-state index contributed by atoms with van der Waals surface area (Å²) in [5.74, 6) is -1.27. The molecule has 7 nitrogen and oxygen atoms in total. The van der Waals surface area contributed by atoms with Crippen LogP contribution in [0.3, 0.4) is 0 Å². The smallest absolute Gasteiger partial charge is 0.422 e. The van der Waals surface area contributed by atoms with E-state index in [1.165, 1.54) is 6.34 Å². The zero-order chi connectivity index (χ0) is 16.2. The van der Waals surface area contributed by atoms with Crippen LogP contribution < -0.4 is 5.69 Å². The maximum absolute atomic E-state index is 13.8. The van der Waals surface area contributed by atoms with Crippen molar-refractivity contribution in [3.63, 3.8) is 0 Å². The monoisotopic (exact) mass is 298 g/mol. The fourth-order valence-electron chi connectivity index (χ4n) is 1.16. The van der Waals surface area contributed by atoms with Crippen molar-refractivity contribution in [1.82, 2.24) is 14.5 Å². The van der Waals surface area contributed by atoms with E-state index in [1.54, 1.807) is 19.0 Å². The molecule has 0 saturated carbocycles. The van der Waals surface area contributed by atoms with E-state index < -0.39 is 17.6 Å². The van der Waals surface area contributed by atoms with Crippen LogP contribution in [0.25, 0.3) is 0 Å². The molecule has 0 aliphatic heterocycles. The second kappa shape index (κ2) is 6.47. The van der Waals surface area contributed by atoms with Gasteiger partial charge in [-0.15, -0.1) is 0 Å². The van der Waals surface area contributed by atoms with E-state index in [0.29, 0.717) is 4.57 Å². The Balaban J connectivity index is 2.99. The van der Waals surface area contributed by atoms with Crippen molar-refractivity contribution < 1.29 is 13.9 Å². The van der Waals surface area contributed by atoms with Crippen LogP contribution in [0.15, 0.2) is 16.0 Å². The number of hydrogen-bond donors (Lipinski definition) is 0. The Morgan fingerprint density at radius 1 is 1.52 bits per heavy atom. The van der Waals surface area contributed by atoms with Crippen LogP contribution in [0.4, 0.5) is 15.0 Å². The standard InChI is InChI=1S/C13H19FN4O3/c1-13(2,3)7-21-12(20)18-6-9(14)10(16-11(18)19)15-8-17(4)5/h6,8H,7H2,1-5H3. The first kappa shape index (κ1) is 16.8. The van der Waals surface area contributed by atoms with Gasteiger partial charge in [-0.3, -0.25) is 0 Å². The van der Waals surface area contributed by atoms with Crippen LogP contribution in [-0.4, -0.2) is 47.6 Å². The van der Waals surface area contributed by atoms with Crippen molar-refractivity contribution in [3.05, 3.63) is 22.5 Å². The second-order valence-electron chi connectivity index (χ2n) is 5.89. The van der Waals surface area contributed by atoms with Crippen molar-refractivity contribution in [1.29, 1.82) is 0 Å². The summed E-state index contributed by atoms with van der Waals surface area (Å²) < 4.78 is 19.2. The van der Waals surface area contributed by atoms with Gasteiger partial charge in [0.1, 0.15) is 0 Å². The van der Waals surface area contributed by atoms with Crippen molar-refractivity contribution in [2.24, 2.45) is 10.4 Å². The van der Waals surface area contributed by atoms with Gasteiger partial charge in [0.05, 0.1) is 19.1 Å². The molecular formula is C13H19FN4O3. The fraction of sp³-hybridized carbons (Fsp3) is 0.538. The molecule has 0 aliphatic carbocycles. The summed E-state index contributed by atoms with van der Waals surface area (Å²) in [7, 11) is 3.37. The number of nitrogens with zero attached hydrogens (tertiary/aromatic N) is 4. The molecule has 1 heterocycles. The highest BCUT2D eigenvalue weighted by atomic mass is 19.1. The summed E-state index contributed by atoms with van der Waals surface area (Å²) in [4.78, 5) is 32.1. The molecule has 0 amide bonds. The van der Waals surface area contributed by atoms with E-state index in [9.17, 15) is 14.0 Å². The number of ether oxygens (including phenoxy) is 1. The van der Waals surface area contributed by atoms with E-state index in [2.05, 4.69) is 9.98 Å². The Kier molecular flexibility index (Phi) is 5.17. The van der Waals surface area contributed by atoms with E-state index in [0.717, 1.165) is 6.20 Å². The summed E-state index contributed by atoms with van der Waals surface area (Å²) in [6.07, 6.45) is 1.06. The van der Waals surface area contributed by atoms with Gasteiger partial charge < -0.3 is 9.64 Å². The zero-order valence-electron chi connectivity index (χ0n) is 12.8. The van der Waals surface area contributed by atoms with Gasteiger partial charge in [0, 0.05) is 14.1 Å². The highest BCUT2D eigenvalue weighted by Crippen LogP contribution is 2.14. The molecule has 1 aromatic rings. The summed E-state index contributed by atoms with van der Waals surface area (Å²) in [5, 5.41) is 0. The number of halogens is 1. The lowest BCUT2D eigenvalue weighted by molar-refractivity contribution is 0.106. The molecule has 0 saturated heterocycles. The van der Waals surface area contributed by atoms with Crippen LogP contribution in [0.1, 0.15) is 20.8 Å². The van der Waals surface area contributed by atoms with Crippen molar-refractivity contribution in [2.75, 3.05) is 20.7 Å². The van der Waals surface area contributed by atoms with Crippen LogP contribution in [0.2, 0.25) is 0 Å². The predicted octanol–water partition coefficient (Wildman–Crippen LogP) is 1.63. The summed E-state index contributed by atoms with van der Waals surface area (Å²) >= 11 is 0. The third-order valence-electron chi connectivity index (χ3n) is 2.10. The first-order valence-electron chi connectivity index (χ1n) is 6.27. The normalized spacial score (nSPS) is 11.7. The molecule has 1 aromatic heterocycles. The molecule has 21 heavy (non-hydrogen) atoms. The SMILES string of the molecule is CN(C)C=Nc1nc(=O)n(C(=O)OCC(C)(C)C)cc1F. The Labute approximate surface area is 122 Å². The Morgan fingerprint density at radius 3 is 2.67 bits per heavy atom. The largest absolute Gasteiger partial charge is 0.448 e. The molecule has 0 bridgehead atoms. The van der Waals surface area contributed by atoms with Crippen LogP contribution in [-0.2, 0) is 4.74 Å². The minimum atomic E-state index is -0.968. The zero-order valence-corrected chi connectivity index (χ0v) is 12.8. The molecule has 0 spiro atoms. The predicted molar refractivity (Wildman–Crippen MR) is 76.5 cm³/mol. The molecule has 0 unspecified atom stereocenters. The molecule has 1 rings (SSSR count). The topological polar surface area (TPSA) is 76.8 Å². The lowest BCUT2D eigenvalue weighted by Crippen LogP contribution is -2.31. The average molecular weight is 298 g/mol. The Hall–Kier alpha value is -2.25. The van der Waals surface area contributed by atoms with Gasteiger partial charge in [0.2, 0.25) is 0 Å². The molecule has 8 heteroatoms. The molecule has 0 atom stereocenters. The number of carbonyl (C=O) groups excluding carboxylic acids is 1. The highest BCUT2D eigenvalue weighted by molar-refractivity contribution is 5.70. The average Bonchev–Trinajstić information content (AvgIpc) is 2.35. The lowest BCUT2D eigenvalue weighted by atomic mass is 9.99. The maximum Gasteiger partial charge on any atom is 0.422 e. The fourth-order valence-corrected chi connectivity index (χ4v) is 1.16.